The van der Waals surface area contributed by atoms with E-state index in [9.17, 15) is 4.79 Å². The highest BCUT2D eigenvalue weighted by Crippen LogP contribution is 2.39. The predicted octanol–water partition coefficient (Wildman–Crippen LogP) is 1.52. The quantitative estimate of drug-likeness (QED) is 0.855. The molecule has 6 nitrogen and oxygen atoms in total. The molecule has 0 fully saturated rings. The summed E-state index contributed by atoms with van der Waals surface area (Å²) >= 11 is 0. The van der Waals surface area contributed by atoms with Crippen LogP contribution in [0.15, 0.2) is 0 Å². The summed E-state index contributed by atoms with van der Waals surface area (Å²) in [5.74, 6) is 0.432. The van der Waals surface area contributed by atoms with Gasteiger partial charge in [-0.1, -0.05) is 46.8 Å². The van der Waals surface area contributed by atoms with Crippen LogP contribution in [0.1, 0.15) is 47.4 Å². The van der Waals surface area contributed by atoms with Gasteiger partial charge in [0.25, 0.3) is 0 Å². The lowest BCUT2D eigenvalue weighted by Crippen LogP contribution is -2.45. The molecule has 18 heavy (non-hydrogen) atoms. The molecule has 0 bridgehead atoms. The van der Waals surface area contributed by atoms with E-state index in [2.05, 4.69) is 67.5 Å². The number of carbonyl (C=O) groups excluding carboxylic acids is 1. The van der Waals surface area contributed by atoms with E-state index < -0.39 is 0 Å². The Balaban J connectivity index is 2.72. The standard InChI is InChI=1S/C12H23N5O/c1-11(2,3)9(12(4,5)6)10(18)13-7-8-14-16-17-15-8/h9H,7H2,1-6H3,(H,13,18)(H,14,15,16,17). The van der Waals surface area contributed by atoms with E-state index in [1.54, 1.807) is 0 Å². The van der Waals surface area contributed by atoms with Crippen molar-refractivity contribution in [3.8, 4) is 0 Å². The fourth-order valence-corrected chi connectivity index (χ4v) is 2.61. The fourth-order valence-electron chi connectivity index (χ4n) is 2.61. The first-order chi connectivity index (χ1) is 8.12. The van der Waals surface area contributed by atoms with E-state index >= 15 is 0 Å². The summed E-state index contributed by atoms with van der Waals surface area (Å²) in [5.41, 5.74) is -0.195. The lowest BCUT2D eigenvalue weighted by molar-refractivity contribution is -0.133. The second-order valence-corrected chi connectivity index (χ2v) is 6.71. The topological polar surface area (TPSA) is 83.6 Å². The van der Waals surface area contributed by atoms with Gasteiger partial charge in [-0.15, -0.1) is 10.2 Å². The molecule has 102 valence electrons. The number of nitrogens with one attached hydrogen (secondary N) is 2. The van der Waals surface area contributed by atoms with Gasteiger partial charge in [0.2, 0.25) is 5.91 Å². The average molecular weight is 253 g/mol. The molecule has 6 heteroatoms. The molecule has 1 amide bonds. The highest BCUT2D eigenvalue weighted by Gasteiger charge is 2.40. The normalized spacial score (nSPS) is 12.8. The Morgan fingerprint density at radius 3 is 2.17 bits per heavy atom. The zero-order chi connectivity index (χ0) is 14.0. The SMILES string of the molecule is CC(C)(C)C(C(=O)NCc1nn[nH]n1)C(C)(C)C. The Morgan fingerprint density at radius 2 is 1.78 bits per heavy atom. The minimum absolute atomic E-state index is 0.0276. The van der Waals surface area contributed by atoms with Gasteiger partial charge in [0, 0.05) is 5.92 Å². The van der Waals surface area contributed by atoms with E-state index in [-0.39, 0.29) is 22.7 Å². The van der Waals surface area contributed by atoms with Gasteiger partial charge in [0.15, 0.2) is 5.82 Å². The zero-order valence-electron chi connectivity index (χ0n) is 12.0. The van der Waals surface area contributed by atoms with Gasteiger partial charge in [-0.25, -0.2) is 0 Å². The molecule has 0 radical (unpaired) electrons. The minimum atomic E-state index is -0.0976. The van der Waals surface area contributed by atoms with E-state index in [1.165, 1.54) is 0 Å². The number of hydrogen-bond donors (Lipinski definition) is 2. The zero-order valence-corrected chi connectivity index (χ0v) is 12.0. The van der Waals surface area contributed by atoms with Crippen molar-refractivity contribution in [2.24, 2.45) is 16.7 Å². The smallest absolute Gasteiger partial charge is 0.224 e. The summed E-state index contributed by atoms with van der Waals surface area (Å²) < 4.78 is 0. The third-order valence-corrected chi connectivity index (χ3v) is 2.80. The molecule has 0 spiro atoms. The maximum absolute atomic E-state index is 12.3. The molecule has 0 unspecified atom stereocenters. The fraction of sp³-hybridized carbons (Fsp3) is 0.833. The molecular weight excluding hydrogens is 230 g/mol. The number of carbonyl (C=O) groups is 1. The first-order valence-electron chi connectivity index (χ1n) is 6.12. The molecular formula is C12H23N5O. The van der Waals surface area contributed by atoms with Gasteiger partial charge in [-0.2, -0.15) is 5.21 Å². The first kappa shape index (κ1) is 14.6. The second-order valence-electron chi connectivity index (χ2n) is 6.71. The Morgan fingerprint density at radius 1 is 1.22 bits per heavy atom. The van der Waals surface area contributed by atoms with E-state index in [1.807, 2.05) is 0 Å². The molecule has 1 aromatic heterocycles. The van der Waals surface area contributed by atoms with Gasteiger partial charge in [-0.3, -0.25) is 4.79 Å². The molecule has 0 aromatic carbocycles. The monoisotopic (exact) mass is 253 g/mol. The van der Waals surface area contributed by atoms with Gasteiger partial charge < -0.3 is 5.32 Å². The molecule has 1 aromatic rings. The lowest BCUT2D eigenvalue weighted by Gasteiger charge is -2.39. The Labute approximate surface area is 108 Å². The van der Waals surface area contributed by atoms with Crippen LogP contribution in [0.4, 0.5) is 0 Å². The number of tetrazole rings is 1. The molecule has 0 aliphatic rings. The number of amides is 1. The van der Waals surface area contributed by atoms with Crippen LogP contribution in [0.25, 0.3) is 0 Å². The van der Waals surface area contributed by atoms with Gasteiger partial charge in [-0.05, 0) is 10.8 Å². The summed E-state index contributed by atoms with van der Waals surface area (Å²) in [6, 6.07) is 0. The van der Waals surface area contributed by atoms with Crippen molar-refractivity contribution in [2.75, 3.05) is 0 Å². The summed E-state index contributed by atoms with van der Waals surface area (Å²) in [7, 11) is 0. The number of aromatic amines is 1. The van der Waals surface area contributed by atoms with Crippen LogP contribution >= 0.6 is 0 Å². The van der Waals surface area contributed by atoms with Crippen molar-refractivity contribution in [1.29, 1.82) is 0 Å². The highest BCUT2D eigenvalue weighted by molar-refractivity contribution is 5.80. The van der Waals surface area contributed by atoms with E-state index in [0.29, 0.717) is 12.4 Å². The van der Waals surface area contributed by atoms with Crippen molar-refractivity contribution in [3.05, 3.63) is 5.82 Å². The molecule has 0 saturated carbocycles. The van der Waals surface area contributed by atoms with Crippen molar-refractivity contribution >= 4 is 5.91 Å². The van der Waals surface area contributed by atoms with E-state index in [0.717, 1.165) is 0 Å². The minimum Gasteiger partial charge on any atom is -0.348 e. The third kappa shape index (κ3) is 3.78. The first-order valence-corrected chi connectivity index (χ1v) is 6.12. The predicted molar refractivity (Wildman–Crippen MR) is 68.4 cm³/mol. The number of aromatic nitrogens is 4. The Kier molecular flexibility index (Phi) is 4.09. The van der Waals surface area contributed by atoms with Crippen LogP contribution in [0, 0.1) is 16.7 Å². The van der Waals surface area contributed by atoms with Gasteiger partial charge in [0.1, 0.15) is 0 Å². The average Bonchev–Trinajstić information content (AvgIpc) is 2.61. The van der Waals surface area contributed by atoms with Crippen LogP contribution in [0.2, 0.25) is 0 Å². The summed E-state index contributed by atoms with van der Waals surface area (Å²) in [6.45, 7) is 12.8. The number of nitrogens with zero attached hydrogens (tertiary/aromatic N) is 3. The van der Waals surface area contributed by atoms with Crippen LogP contribution in [-0.2, 0) is 11.3 Å². The van der Waals surface area contributed by atoms with E-state index in [4.69, 9.17) is 0 Å². The van der Waals surface area contributed by atoms with Crippen molar-refractivity contribution in [1.82, 2.24) is 25.9 Å². The lowest BCUT2D eigenvalue weighted by atomic mass is 9.66. The van der Waals surface area contributed by atoms with Gasteiger partial charge in [0.05, 0.1) is 6.54 Å². The number of hydrogen-bond acceptors (Lipinski definition) is 4. The summed E-state index contributed by atoms with van der Waals surface area (Å²) in [5, 5.41) is 16.3. The maximum Gasteiger partial charge on any atom is 0.224 e. The highest BCUT2D eigenvalue weighted by atomic mass is 16.2. The largest absolute Gasteiger partial charge is 0.348 e. The van der Waals surface area contributed by atoms with Crippen molar-refractivity contribution in [3.63, 3.8) is 0 Å². The molecule has 1 rings (SSSR count). The maximum atomic E-state index is 12.3. The van der Waals surface area contributed by atoms with Gasteiger partial charge >= 0.3 is 0 Å². The molecule has 0 aliphatic carbocycles. The summed E-state index contributed by atoms with van der Waals surface area (Å²) in [6.07, 6.45) is 0. The number of H-pyrrole nitrogens is 1. The molecule has 0 saturated heterocycles. The third-order valence-electron chi connectivity index (χ3n) is 2.80. The van der Waals surface area contributed by atoms with Crippen molar-refractivity contribution < 1.29 is 4.79 Å². The second kappa shape index (κ2) is 5.04. The summed E-state index contributed by atoms with van der Waals surface area (Å²) in [4.78, 5) is 12.3. The molecule has 1 heterocycles. The van der Waals surface area contributed by atoms with Crippen LogP contribution in [-0.4, -0.2) is 26.5 Å². The van der Waals surface area contributed by atoms with Crippen LogP contribution in [0.5, 0.6) is 0 Å². The molecule has 0 aliphatic heterocycles. The number of rotatable bonds is 3. The van der Waals surface area contributed by atoms with Crippen molar-refractivity contribution in [2.45, 2.75) is 48.1 Å². The Bertz CT molecular complexity index is 372. The van der Waals surface area contributed by atoms with Crippen LogP contribution in [0.3, 0.4) is 0 Å². The Hall–Kier alpha value is -1.46. The molecule has 0 atom stereocenters. The molecule has 2 N–H and O–H groups in total. The van der Waals surface area contributed by atoms with Crippen LogP contribution < -0.4 is 5.32 Å².